The van der Waals surface area contributed by atoms with Crippen LogP contribution in [0.1, 0.15) is 147 Å². The maximum atomic E-state index is 14.9. The fourth-order valence-corrected chi connectivity index (χ4v) is 8.00. The van der Waals surface area contributed by atoms with Crippen molar-refractivity contribution in [1.29, 1.82) is 0 Å². The molecule has 2 heteroatoms. The molecule has 1 aromatic carbocycles. The molecule has 0 N–H and O–H groups in total. The van der Waals surface area contributed by atoms with E-state index in [4.69, 9.17) is 4.74 Å². The third-order valence-corrected chi connectivity index (χ3v) is 10.3. The van der Waals surface area contributed by atoms with E-state index >= 15 is 0 Å². The predicted molar refractivity (Wildman–Crippen MR) is 151 cm³/mol. The lowest BCUT2D eigenvalue weighted by molar-refractivity contribution is 0.108. The van der Waals surface area contributed by atoms with Gasteiger partial charge < -0.3 is 4.74 Å². The summed E-state index contributed by atoms with van der Waals surface area (Å²) in [5.74, 6) is 5.79. The number of ether oxygens (including phenoxy) is 1. The summed E-state index contributed by atoms with van der Waals surface area (Å²) in [5.41, 5.74) is 0.941. The van der Waals surface area contributed by atoms with Crippen molar-refractivity contribution in [3.8, 4) is 5.75 Å². The Hall–Kier alpha value is -1.05. The Balaban J connectivity index is 1.13. The predicted octanol–water partition coefficient (Wildman–Crippen LogP) is 10.9. The molecule has 0 radical (unpaired) electrons. The lowest BCUT2D eigenvalue weighted by atomic mass is 9.63. The van der Waals surface area contributed by atoms with Crippen LogP contribution in [0.2, 0.25) is 0 Å². The van der Waals surface area contributed by atoms with E-state index < -0.39 is 0 Å². The van der Waals surface area contributed by atoms with Gasteiger partial charge in [0.1, 0.15) is 11.6 Å². The minimum absolute atomic E-state index is 0.0491. The summed E-state index contributed by atoms with van der Waals surface area (Å²) in [6.45, 7) is 5.05. The number of hydrogen-bond donors (Lipinski definition) is 0. The molecule has 36 heavy (non-hydrogen) atoms. The van der Waals surface area contributed by atoms with E-state index in [0.717, 1.165) is 41.6 Å². The van der Waals surface area contributed by atoms with Crippen LogP contribution in [0.25, 0.3) is 0 Å². The van der Waals surface area contributed by atoms with Gasteiger partial charge in [0.05, 0.1) is 6.61 Å². The lowest BCUT2D eigenvalue weighted by Crippen LogP contribution is -2.31. The molecule has 4 rings (SSSR count). The normalized spacial score (nSPS) is 30.6. The number of halogens is 1. The first-order valence-electron chi connectivity index (χ1n) is 16.1. The van der Waals surface area contributed by atoms with Crippen LogP contribution in [0, 0.1) is 35.4 Å². The standard InChI is InChI=1S/C34H55FO/c1-3-5-6-7-8-9-26-10-12-27(13-11-26)14-15-28-16-17-30-24-31(19-18-29(30)23-28)33-21-20-32(25-34(33)35)36-22-4-2/h20-21,25-31H,3-19,22-24H2,1-2H3. The molecule has 4 unspecified atom stereocenters. The van der Waals surface area contributed by atoms with E-state index in [1.807, 2.05) is 12.1 Å². The zero-order chi connectivity index (χ0) is 25.2. The summed E-state index contributed by atoms with van der Waals surface area (Å²) < 4.78 is 20.5. The minimum atomic E-state index is -0.0491. The lowest BCUT2D eigenvalue weighted by Gasteiger charge is -2.43. The van der Waals surface area contributed by atoms with Gasteiger partial charge in [-0.3, -0.25) is 0 Å². The number of hydrogen-bond acceptors (Lipinski definition) is 1. The molecule has 0 saturated heterocycles. The topological polar surface area (TPSA) is 9.23 Å². The van der Waals surface area contributed by atoms with Gasteiger partial charge in [-0.05, 0) is 85.7 Å². The molecule has 1 aromatic rings. The Morgan fingerprint density at radius 2 is 1.36 bits per heavy atom. The highest BCUT2D eigenvalue weighted by molar-refractivity contribution is 5.31. The van der Waals surface area contributed by atoms with Crippen molar-refractivity contribution in [2.45, 2.75) is 142 Å². The van der Waals surface area contributed by atoms with Crippen molar-refractivity contribution < 1.29 is 9.13 Å². The number of fused-ring (bicyclic) bond motifs is 1. The van der Waals surface area contributed by atoms with Crippen LogP contribution in [0.4, 0.5) is 4.39 Å². The second-order valence-electron chi connectivity index (χ2n) is 12.9. The van der Waals surface area contributed by atoms with Crippen molar-refractivity contribution >= 4 is 0 Å². The molecule has 0 aromatic heterocycles. The molecular weight excluding hydrogens is 443 g/mol. The Morgan fingerprint density at radius 3 is 2.11 bits per heavy atom. The highest BCUT2D eigenvalue weighted by Crippen LogP contribution is 2.49. The van der Waals surface area contributed by atoms with E-state index in [-0.39, 0.29) is 5.82 Å². The number of unbranched alkanes of at least 4 members (excludes halogenated alkanes) is 4. The molecule has 3 saturated carbocycles. The SMILES string of the molecule is CCCCCCCC1CCC(CCC2CCC3CC(c4ccc(OCCC)cc4F)CCC3C2)CC1. The van der Waals surface area contributed by atoms with Gasteiger partial charge in [-0.2, -0.15) is 0 Å². The molecule has 3 aliphatic carbocycles. The van der Waals surface area contributed by atoms with Crippen molar-refractivity contribution in [3.63, 3.8) is 0 Å². The van der Waals surface area contributed by atoms with Crippen LogP contribution >= 0.6 is 0 Å². The molecule has 204 valence electrons. The largest absolute Gasteiger partial charge is 0.494 e. The summed E-state index contributed by atoms with van der Waals surface area (Å²) in [6, 6.07) is 5.62. The second-order valence-corrected chi connectivity index (χ2v) is 12.9. The monoisotopic (exact) mass is 498 g/mol. The van der Waals surface area contributed by atoms with Crippen LogP contribution in [-0.4, -0.2) is 6.61 Å². The highest BCUT2D eigenvalue weighted by Gasteiger charge is 2.36. The van der Waals surface area contributed by atoms with Crippen molar-refractivity contribution in [2.24, 2.45) is 29.6 Å². The van der Waals surface area contributed by atoms with Gasteiger partial charge in [0.25, 0.3) is 0 Å². The van der Waals surface area contributed by atoms with E-state index in [0.29, 0.717) is 18.3 Å². The number of benzene rings is 1. The molecule has 4 atom stereocenters. The summed E-state index contributed by atoms with van der Waals surface area (Å²) in [5, 5.41) is 0. The molecule has 0 spiro atoms. The van der Waals surface area contributed by atoms with Gasteiger partial charge in [-0.1, -0.05) is 103 Å². The first-order chi connectivity index (χ1) is 17.7. The minimum Gasteiger partial charge on any atom is -0.494 e. The first-order valence-corrected chi connectivity index (χ1v) is 16.1. The Morgan fingerprint density at radius 1 is 0.694 bits per heavy atom. The summed E-state index contributed by atoms with van der Waals surface area (Å²) in [7, 11) is 0. The van der Waals surface area contributed by atoms with Crippen molar-refractivity contribution in [3.05, 3.63) is 29.6 Å². The molecule has 0 bridgehead atoms. The first kappa shape index (κ1) is 28.0. The molecule has 3 fully saturated rings. The van der Waals surface area contributed by atoms with Gasteiger partial charge in [0.2, 0.25) is 0 Å². The molecule has 0 aliphatic heterocycles. The maximum absolute atomic E-state index is 14.9. The van der Waals surface area contributed by atoms with Crippen LogP contribution in [0.3, 0.4) is 0 Å². The molecule has 0 heterocycles. The quantitative estimate of drug-likeness (QED) is 0.246. The Labute approximate surface area is 222 Å². The average Bonchev–Trinajstić information content (AvgIpc) is 2.91. The van der Waals surface area contributed by atoms with Gasteiger partial charge in [0.15, 0.2) is 0 Å². The molecular formula is C34H55FO. The van der Waals surface area contributed by atoms with Crippen molar-refractivity contribution in [1.82, 2.24) is 0 Å². The molecule has 1 nitrogen and oxygen atoms in total. The zero-order valence-corrected chi connectivity index (χ0v) is 23.6. The van der Waals surface area contributed by atoms with E-state index in [9.17, 15) is 4.39 Å². The highest BCUT2D eigenvalue weighted by atomic mass is 19.1. The average molecular weight is 499 g/mol. The van der Waals surface area contributed by atoms with Gasteiger partial charge in [0, 0.05) is 6.07 Å². The van der Waals surface area contributed by atoms with E-state index in [1.54, 1.807) is 6.07 Å². The molecule has 0 amide bonds. The summed E-state index contributed by atoms with van der Waals surface area (Å²) >= 11 is 0. The fraction of sp³-hybridized carbons (Fsp3) is 0.824. The smallest absolute Gasteiger partial charge is 0.130 e. The van der Waals surface area contributed by atoms with Crippen molar-refractivity contribution in [2.75, 3.05) is 6.61 Å². The third-order valence-electron chi connectivity index (χ3n) is 10.3. The van der Waals surface area contributed by atoms with Gasteiger partial charge in [-0.15, -0.1) is 0 Å². The third kappa shape index (κ3) is 8.22. The van der Waals surface area contributed by atoms with Crippen LogP contribution in [0.5, 0.6) is 5.75 Å². The Kier molecular flexibility index (Phi) is 11.5. The van der Waals surface area contributed by atoms with Gasteiger partial charge >= 0.3 is 0 Å². The fourth-order valence-electron chi connectivity index (χ4n) is 8.00. The second kappa shape index (κ2) is 14.8. The van der Waals surface area contributed by atoms with Crippen LogP contribution in [-0.2, 0) is 0 Å². The Bertz CT molecular complexity index is 752. The van der Waals surface area contributed by atoms with Crippen LogP contribution < -0.4 is 4.74 Å². The summed E-state index contributed by atoms with van der Waals surface area (Å²) in [4.78, 5) is 0. The van der Waals surface area contributed by atoms with Crippen LogP contribution in [0.15, 0.2) is 18.2 Å². The maximum Gasteiger partial charge on any atom is 0.130 e. The number of rotatable bonds is 13. The van der Waals surface area contributed by atoms with E-state index in [1.165, 1.54) is 116 Å². The van der Waals surface area contributed by atoms with Gasteiger partial charge in [-0.25, -0.2) is 4.39 Å². The van der Waals surface area contributed by atoms with E-state index in [2.05, 4.69) is 13.8 Å². The summed E-state index contributed by atoms with van der Waals surface area (Å²) in [6.07, 6.45) is 26.6. The molecule has 3 aliphatic rings. The zero-order valence-electron chi connectivity index (χ0n) is 23.6.